The number of rotatable bonds is 4. The van der Waals surface area contributed by atoms with Crippen molar-refractivity contribution in [3.63, 3.8) is 0 Å². The Morgan fingerprint density at radius 2 is 1.76 bits per heavy atom. The van der Waals surface area contributed by atoms with Crippen molar-refractivity contribution in [1.82, 2.24) is 0 Å². The quantitative estimate of drug-likeness (QED) is 0.827. The molecule has 3 nitrogen and oxygen atoms in total. The minimum absolute atomic E-state index is 0.174. The van der Waals surface area contributed by atoms with Crippen LogP contribution in [0.25, 0.3) is 0 Å². The molecule has 0 spiro atoms. The number of para-hydroxylation sites is 1. The summed E-state index contributed by atoms with van der Waals surface area (Å²) >= 11 is 5.97. The molecular formula is C17H19ClN2O. The maximum absolute atomic E-state index is 12.4. The molecule has 3 N–H and O–H groups in total. The van der Waals surface area contributed by atoms with Gasteiger partial charge in [0.25, 0.3) is 5.91 Å². The van der Waals surface area contributed by atoms with Gasteiger partial charge in [-0.1, -0.05) is 43.6 Å². The lowest BCUT2D eigenvalue weighted by molar-refractivity contribution is 0.102. The zero-order valence-corrected chi connectivity index (χ0v) is 13.0. The monoisotopic (exact) mass is 302 g/mol. The zero-order chi connectivity index (χ0) is 15.4. The summed E-state index contributed by atoms with van der Waals surface area (Å²) in [6.07, 6.45) is 1.73. The Morgan fingerprint density at radius 1 is 1.14 bits per heavy atom. The fraction of sp³-hybridized carbons (Fsp3) is 0.235. The molecule has 0 radical (unpaired) electrons. The van der Waals surface area contributed by atoms with Gasteiger partial charge in [0.2, 0.25) is 0 Å². The van der Waals surface area contributed by atoms with E-state index in [0.29, 0.717) is 16.3 Å². The van der Waals surface area contributed by atoms with Crippen LogP contribution in [0.15, 0.2) is 36.4 Å². The van der Waals surface area contributed by atoms with Crippen LogP contribution in [0.3, 0.4) is 0 Å². The van der Waals surface area contributed by atoms with Crippen LogP contribution >= 0.6 is 11.6 Å². The fourth-order valence-corrected chi connectivity index (χ4v) is 2.44. The first-order valence-corrected chi connectivity index (χ1v) is 7.41. The zero-order valence-electron chi connectivity index (χ0n) is 12.2. The number of nitrogens with two attached hydrogens (primary N) is 1. The summed E-state index contributed by atoms with van der Waals surface area (Å²) in [4.78, 5) is 12.4. The molecule has 1 amide bonds. The van der Waals surface area contributed by atoms with Gasteiger partial charge in [0.15, 0.2) is 0 Å². The van der Waals surface area contributed by atoms with Crippen molar-refractivity contribution in [1.29, 1.82) is 0 Å². The van der Waals surface area contributed by atoms with Crippen LogP contribution in [0.1, 0.15) is 35.3 Å². The average Bonchev–Trinajstić information content (AvgIpc) is 2.50. The van der Waals surface area contributed by atoms with Crippen LogP contribution in [0.4, 0.5) is 11.4 Å². The molecule has 0 saturated heterocycles. The van der Waals surface area contributed by atoms with Crippen LogP contribution in [0, 0.1) is 0 Å². The van der Waals surface area contributed by atoms with E-state index in [9.17, 15) is 4.79 Å². The van der Waals surface area contributed by atoms with E-state index < -0.39 is 0 Å². The van der Waals surface area contributed by atoms with Crippen LogP contribution in [-0.4, -0.2) is 5.91 Å². The second-order valence-corrected chi connectivity index (χ2v) is 5.26. The van der Waals surface area contributed by atoms with E-state index >= 15 is 0 Å². The number of hydrogen-bond acceptors (Lipinski definition) is 2. The third-order valence-electron chi connectivity index (χ3n) is 3.50. The lowest BCUT2D eigenvalue weighted by Crippen LogP contribution is -2.15. The number of hydrogen-bond donors (Lipinski definition) is 2. The maximum Gasteiger partial charge on any atom is 0.255 e. The van der Waals surface area contributed by atoms with Crippen molar-refractivity contribution < 1.29 is 4.79 Å². The molecule has 0 saturated carbocycles. The lowest BCUT2D eigenvalue weighted by atomic mass is 10.0. The van der Waals surface area contributed by atoms with Gasteiger partial charge in [-0.3, -0.25) is 4.79 Å². The van der Waals surface area contributed by atoms with E-state index in [2.05, 4.69) is 19.2 Å². The number of amides is 1. The second-order valence-electron chi connectivity index (χ2n) is 4.85. The molecule has 4 heteroatoms. The Balaban J connectivity index is 2.33. The van der Waals surface area contributed by atoms with Crippen LogP contribution in [0.2, 0.25) is 5.02 Å². The molecule has 0 aliphatic rings. The summed E-state index contributed by atoms with van der Waals surface area (Å²) in [6, 6.07) is 11.0. The number of anilines is 2. The molecule has 0 unspecified atom stereocenters. The van der Waals surface area contributed by atoms with Gasteiger partial charge in [-0.2, -0.15) is 0 Å². The van der Waals surface area contributed by atoms with Crippen molar-refractivity contribution >= 4 is 28.9 Å². The smallest absolute Gasteiger partial charge is 0.255 e. The summed E-state index contributed by atoms with van der Waals surface area (Å²) in [5, 5.41) is 3.40. The molecule has 21 heavy (non-hydrogen) atoms. The number of carbonyl (C=O) groups is 1. The number of nitrogens with one attached hydrogen (secondary N) is 1. The highest BCUT2D eigenvalue weighted by Crippen LogP contribution is 2.25. The topological polar surface area (TPSA) is 55.1 Å². The van der Waals surface area contributed by atoms with Crippen molar-refractivity contribution in [2.45, 2.75) is 26.7 Å². The molecule has 0 fully saturated rings. The Bertz CT molecular complexity index is 646. The van der Waals surface area contributed by atoms with E-state index in [0.717, 1.165) is 29.7 Å². The summed E-state index contributed by atoms with van der Waals surface area (Å²) in [5.74, 6) is -0.174. The summed E-state index contributed by atoms with van der Waals surface area (Å²) < 4.78 is 0. The molecule has 2 aromatic rings. The third kappa shape index (κ3) is 3.37. The first-order chi connectivity index (χ1) is 10.1. The van der Waals surface area contributed by atoms with Crippen molar-refractivity contribution in [3.8, 4) is 0 Å². The van der Waals surface area contributed by atoms with Gasteiger partial charge in [0.1, 0.15) is 0 Å². The third-order valence-corrected chi connectivity index (χ3v) is 3.83. The van der Waals surface area contributed by atoms with E-state index in [1.165, 1.54) is 0 Å². The highest BCUT2D eigenvalue weighted by molar-refractivity contribution is 6.33. The van der Waals surface area contributed by atoms with Gasteiger partial charge in [-0.15, -0.1) is 0 Å². The Kier molecular flexibility index (Phi) is 4.86. The predicted octanol–water partition coefficient (Wildman–Crippen LogP) is 4.30. The molecule has 0 bridgehead atoms. The predicted molar refractivity (Wildman–Crippen MR) is 89.0 cm³/mol. The second kappa shape index (κ2) is 6.64. The van der Waals surface area contributed by atoms with Gasteiger partial charge >= 0.3 is 0 Å². The molecule has 0 aliphatic heterocycles. The van der Waals surface area contributed by atoms with E-state index in [-0.39, 0.29) is 5.91 Å². The van der Waals surface area contributed by atoms with Gasteiger partial charge in [-0.25, -0.2) is 0 Å². The number of halogens is 1. The number of aryl methyl sites for hydroxylation is 2. The molecule has 0 aliphatic carbocycles. The Hall–Kier alpha value is -2.00. The minimum atomic E-state index is -0.174. The minimum Gasteiger partial charge on any atom is -0.398 e. The summed E-state index contributed by atoms with van der Waals surface area (Å²) in [6.45, 7) is 4.15. The van der Waals surface area contributed by atoms with E-state index in [1.54, 1.807) is 18.2 Å². The van der Waals surface area contributed by atoms with Crippen LogP contribution in [-0.2, 0) is 12.8 Å². The van der Waals surface area contributed by atoms with E-state index in [1.807, 2.05) is 18.2 Å². The first kappa shape index (κ1) is 15.4. The lowest BCUT2D eigenvalue weighted by Gasteiger charge is -2.14. The normalized spacial score (nSPS) is 10.4. The van der Waals surface area contributed by atoms with Gasteiger partial charge in [0.05, 0.1) is 10.7 Å². The molecular weight excluding hydrogens is 284 g/mol. The summed E-state index contributed by atoms with van der Waals surface area (Å²) in [7, 11) is 0. The maximum atomic E-state index is 12.4. The Morgan fingerprint density at radius 3 is 2.29 bits per heavy atom. The highest BCUT2D eigenvalue weighted by atomic mass is 35.5. The van der Waals surface area contributed by atoms with Crippen molar-refractivity contribution in [3.05, 3.63) is 58.1 Å². The van der Waals surface area contributed by atoms with Crippen LogP contribution < -0.4 is 11.1 Å². The Labute approximate surface area is 130 Å². The molecule has 0 aromatic heterocycles. The SMILES string of the molecule is CCc1cccc(CC)c1NC(=O)c1ccc(N)c(Cl)c1. The molecule has 2 rings (SSSR count). The number of benzene rings is 2. The van der Waals surface area contributed by atoms with Crippen molar-refractivity contribution in [2.24, 2.45) is 0 Å². The molecule has 0 atom stereocenters. The number of carbonyl (C=O) groups excluding carboxylic acids is 1. The first-order valence-electron chi connectivity index (χ1n) is 7.04. The van der Waals surface area contributed by atoms with Crippen LogP contribution in [0.5, 0.6) is 0 Å². The standard InChI is InChI=1S/C17H19ClN2O/c1-3-11-6-5-7-12(4-2)16(11)20-17(21)13-8-9-15(19)14(18)10-13/h5-10H,3-4,19H2,1-2H3,(H,20,21). The fourth-order valence-electron chi connectivity index (χ4n) is 2.26. The van der Waals surface area contributed by atoms with Gasteiger partial charge in [-0.05, 0) is 42.2 Å². The molecule has 2 aromatic carbocycles. The number of nitrogen functional groups attached to an aromatic ring is 1. The van der Waals surface area contributed by atoms with Gasteiger partial charge in [0, 0.05) is 11.3 Å². The molecule has 0 heterocycles. The largest absolute Gasteiger partial charge is 0.398 e. The highest BCUT2D eigenvalue weighted by Gasteiger charge is 2.12. The average molecular weight is 303 g/mol. The molecule has 110 valence electrons. The van der Waals surface area contributed by atoms with E-state index in [4.69, 9.17) is 17.3 Å². The van der Waals surface area contributed by atoms with Crippen molar-refractivity contribution in [2.75, 3.05) is 11.1 Å². The van der Waals surface area contributed by atoms with Gasteiger partial charge < -0.3 is 11.1 Å². The summed E-state index contributed by atoms with van der Waals surface area (Å²) in [5.41, 5.74) is 9.80.